The number of carbonyl (C=O) groups excluding carboxylic acids is 1. The van der Waals surface area contributed by atoms with E-state index in [1.807, 2.05) is 55.1 Å². The fourth-order valence-corrected chi connectivity index (χ4v) is 5.42. The first kappa shape index (κ1) is 25.4. The van der Waals surface area contributed by atoms with Crippen LogP contribution in [0.4, 0.5) is 5.69 Å². The van der Waals surface area contributed by atoms with Crippen LogP contribution >= 0.6 is 0 Å². The van der Waals surface area contributed by atoms with Crippen molar-refractivity contribution in [3.05, 3.63) is 76.3 Å². The SMILES string of the molecule is CCOc1ccc(OCC)c(C2C(C#N)=C(N)N(c3ccccc3CC)C3=C2C(=O)CC(C)(C)C3)c1. The number of ketones is 1. The molecule has 2 N–H and O–H groups in total. The van der Waals surface area contributed by atoms with Crippen molar-refractivity contribution < 1.29 is 14.3 Å². The molecule has 1 unspecified atom stereocenters. The van der Waals surface area contributed by atoms with Gasteiger partial charge in [-0.15, -0.1) is 0 Å². The first-order valence-electron chi connectivity index (χ1n) is 12.7. The molecule has 0 aromatic heterocycles. The Morgan fingerprint density at radius 1 is 1.08 bits per heavy atom. The van der Waals surface area contributed by atoms with Gasteiger partial charge in [0.05, 0.1) is 36.5 Å². The van der Waals surface area contributed by atoms with Gasteiger partial charge in [-0.3, -0.25) is 9.69 Å². The lowest BCUT2D eigenvalue weighted by molar-refractivity contribution is -0.118. The van der Waals surface area contributed by atoms with Gasteiger partial charge in [-0.25, -0.2) is 0 Å². The zero-order valence-corrected chi connectivity index (χ0v) is 21.9. The summed E-state index contributed by atoms with van der Waals surface area (Å²) in [4.78, 5) is 15.8. The van der Waals surface area contributed by atoms with E-state index in [9.17, 15) is 10.1 Å². The molecule has 1 atom stereocenters. The van der Waals surface area contributed by atoms with Crippen LogP contribution in [0.5, 0.6) is 11.5 Å². The van der Waals surface area contributed by atoms with Gasteiger partial charge in [-0.2, -0.15) is 5.26 Å². The van der Waals surface area contributed by atoms with Crippen LogP contribution < -0.4 is 20.1 Å². The molecule has 1 aliphatic heterocycles. The van der Waals surface area contributed by atoms with Crippen LogP contribution in [0.15, 0.2) is 65.1 Å². The normalized spacial score (nSPS) is 19.2. The van der Waals surface area contributed by atoms with Crippen molar-refractivity contribution in [1.82, 2.24) is 0 Å². The quantitative estimate of drug-likeness (QED) is 0.518. The van der Waals surface area contributed by atoms with E-state index in [0.717, 1.165) is 28.9 Å². The third-order valence-corrected chi connectivity index (χ3v) is 6.90. The zero-order chi connectivity index (χ0) is 26.0. The Balaban J connectivity index is 2.04. The summed E-state index contributed by atoms with van der Waals surface area (Å²) < 4.78 is 11.8. The lowest BCUT2D eigenvalue weighted by Gasteiger charge is -2.44. The minimum Gasteiger partial charge on any atom is -0.494 e. The molecule has 0 spiro atoms. The highest BCUT2D eigenvalue weighted by atomic mass is 16.5. The van der Waals surface area contributed by atoms with Crippen LogP contribution in [0, 0.1) is 16.7 Å². The maximum Gasteiger partial charge on any atom is 0.162 e. The molecule has 0 fully saturated rings. The number of ether oxygens (including phenoxy) is 2. The molecular weight excluding hydrogens is 450 g/mol. The lowest BCUT2D eigenvalue weighted by Crippen LogP contribution is -2.42. The molecule has 0 bridgehead atoms. The number of hydrogen-bond donors (Lipinski definition) is 1. The molecule has 2 aromatic carbocycles. The summed E-state index contributed by atoms with van der Waals surface area (Å²) in [6, 6.07) is 16.0. The van der Waals surface area contributed by atoms with Gasteiger partial charge in [0.25, 0.3) is 0 Å². The van der Waals surface area contributed by atoms with Crippen molar-refractivity contribution >= 4 is 11.5 Å². The number of aryl methyl sites for hydroxylation is 1. The van der Waals surface area contributed by atoms with Crippen molar-refractivity contribution in [1.29, 1.82) is 5.26 Å². The molecule has 2 aliphatic rings. The van der Waals surface area contributed by atoms with Crippen molar-refractivity contribution in [2.24, 2.45) is 11.1 Å². The molecule has 0 saturated heterocycles. The van der Waals surface area contributed by atoms with Crippen LogP contribution in [0.1, 0.15) is 64.5 Å². The topological polar surface area (TPSA) is 88.6 Å². The van der Waals surface area contributed by atoms with Crippen LogP contribution in [-0.2, 0) is 11.2 Å². The summed E-state index contributed by atoms with van der Waals surface area (Å²) in [5.41, 5.74) is 11.2. The van der Waals surface area contributed by atoms with E-state index in [-0.39, 0.29) is 11.2 Å². The Kier molecular flexibility index (Phi) is 7.12. The van der Waals surface area contributed by atoms with Gasteiger partial charge in [0, 0.05) is 23.3 Å². The van der Waals surface area contributed by atoms with Crippen molar-refractivity contribution in [2.75, 3.05) is 18.1 Å². The molecule has 1 aliphatic carbocycles. The summed E-state index contributed by atoms with van der Waals surface area (Å²) in [7, 11) is 0. The number of para-hydroxylation sites is 1. The van der Waals surface area contributed by atoms with Crippen molar-refractivity contribution in [3.8, 4) is 17.6 Å². The second kappa shape index (κ2) is 10.1. The van der Waals surface area contributed by atoms with Gasteiger partial charge in [0.1, 0.15) is 17.3 Å². The van der Waals surface area contributed by atoms with Gasteiger partial charge < -0.3 is 15.2 Å². The van der Waals surface area contributed by atoms with E-state index in [1.165, 1.54) is 0 Å². The Morgan fingerprint density at radius 3 is 2.47 bits per heavy atom. The number of nitrogens with zero attached hydrogens (tertiary/aromatic N) is 2. The Hall–Kier alpha value is -3.72. The van der Waals surface area contributed by atoms with Crippen LogP contribution in [-0.4, -0.2) is 19.0 Å². The monoisotopic (exact) mass is 485 g/mol. The molecule has 188 valence electrons. The third kappa shape index (κ3) is 4.46. The molecule has 6 heteroatoms. The number of nitrogens with two attached hydrogens (primary N) is 1. The van der Waals surface area contributed by atoms with Crippen molar-refractivity contribution in [2.45, 2.75) is 59.8 Å². The average molecular weight is 486 g/mol. The van der Waals surface area contributed by atoms with Crippen LogP contribution in [0.25, 0.3) is 0 Å². The predicted octanol–water partition coefficient (Wildman–Crippen LogP) is 5.99. The minimum absolute atomic E-state index is 0.0368. The van der Waals surface area contributed by atoms with E-state index in [2.05, 4.69) is 32.9 Å². The number of nitriles is 1. The maximum atomic E-state index is 13.9. The number of benzene rings is 2. The molecule has 1 heterocycles. The number of rotatable bonds is 7. The van der Waals surface area contributed by atoms with Gasteiger partial charge in [-0.1, -0.05) is 39.0 Å². The smallest absolute Gasteiger partial charge is 0.162 e. The molecule has 0 radical (unpaired) electrons. The molecule has 0 saturated carbocycles. The molecule has 6 nitrogen and oxygen atoms in total. The molecular formula is C30H35N3O3. The number of allylic oxidation sites excluding steroid dienone is 3. The van der Waals surface area contributed by atoms with E-state index in [0.29, 0.717) is 54.5 Å². The zero-order valence-electron chi connectivity index (χ0n) is 21.9. The number of hydrogen-bond acceptors (Lipinski definition) is 6. The van der Waals surface area contributed by atoms with Gasteiger partial charge in [-0.05, 0) is 61.9 Å². The maximum absolute atomic E-state index is 13.9. The number of carbonyl (C=O) groups is 1. The summed E-state index contributed by atoms with van der Waals surface area (Å²) in [5.74, 6) is 1.06. The third-order valence-electron chi connectivity index (χ3n) is 6.90. The number of Topliss-reactive ketones (excluding diaryl/α,β-unsaturated/α-hetero) is 1. The Labute approximate surface area is 214 Å². The summed E-state index contributed by atoms with van der Waals surface area (Å²) in [6.45, 7) is 11.1. The first-order chi connectivity index (χ1) is 17.3. The summed E-state index contributed by atoms with van der Waals surface area (Å²) >= 11 is 0. The van der Waals surface area contributed by atoms with E-state index in [4.69, 9.17) is 15.2 Å². The highest BCUT2D eigenvalue weighted by Gasteiger charge is 2.45. The van der Waals surface area contributed by atoms with Gasteiger partial charge in [0.15, 0.2) is 5.78 Å². The average Bonchev–Trinajstić information content (AvgIpc) is 2.84. The van der Waals surface area contributed by atoms with Gasteiger partial charge in [0.2, 0.25) is 0 Å². The molecule has 2 aromatic rings. The van der Waals surface area contributed by atoms with E-state index >= 15 is 0 Å². The van der Waals surface area contributed by atoms with Crippen LogP contribution in [0.3, 0.4) is 0 Å². The largest absolute Gasteiger partial charge is 0.494 e. The predicted molar refractivity (Wildman–Crippen MR) is 142 cm³/mol. The lowest BCUT2D eigenvalue weighted by atomic mass is 9.68. The summed E-state index contributed by atoms with van der Waals surface area (Å²) in [5, 5.41) is 10.4. The Bertz CT molecular complexity index is 1280. The first-order valence-corrected chi connectivity index (χ1v) is 12.7. The number of anilines is 1. The summed E-state index contributed by atoms with van der Waals surface area (Å²) in [6.07, 6.45) is 1.87. The second-order valence-corrected chi connectivity index (χ2v) is 10.0. The standard InChI is InChI=1S/C30H35N3O3/c1-6-19-11-9-10-12-23(19)33-24-16-30(4,5)17-25(34)28(24)27(22(18-31)29(33)32)21-15-20(35-7-2)13-14-26(21)36-8-3/h9-15,27H,6-8,16-17,32H2,1-5H3. The highest BCUT2D eigenvalue weighted by Crippen LogP contribution is 2.52. The van der Waals surface area contributed by atoms with Crippen LogP contribution in [0.2, 0.25) is 0 Å². The van der Waals surface area contributed by atoms with Crippen molar-refractivity contribution in [3.63, 3.8) is 0 Å². The van der Waals surface area contributed by atoms with E-state index < -0.39 is 5.92 Å². The molecule has 36 heavy (non-hydrogen) atoms. The minimum atomic E-state index is -0.624. The molecule has 4 rings (SSSR count). The second-order valence-electron chi connectivity index (χ2n) is 10.0. The fourth-order valence-electron chi connectivity index (χ4n) is 5.42. The molecule has 0 amide bonds. The van der Waals surface area contributed by atoms with E-state index in [1.54, 1.807) is 0 Å². The fraction of sp³-hybridized carbons (Fsp3) is 0.400. The Morgan fingerprint density at radius 2 is 1.81 bits per heavy atom. The van der Waals surface area contributed by atoms with Gasteiger partial charge >= 0.3 is 0 Å². The highest BCUT2D eigenvalue weighted by molar-refractivity contribution is 6.02.